The van der Waals surface area contributed by atoms with E-state index in [-0.39, 0.29) is 0 Å². The van der Waals surface area contributed by atoms with Crippen molar-refractivity contribution in [3.8, 4) is 0 Å². The molecule has 3 heteroatoms. The lowest BCUT2D eigenvalue weighted by Crippen LogP contribution is -2.46. The van der Waals surface area contributed by atoms with Crippen LogP contribution in [0.1, 0.15) is 40.0 Å². The van der Waals surface area contributed by atoms with Gasteiger partial charge in [-0.3, -0.25) is 0 Å². The van der Waals surface area contributed by atoms with Crippen LogP contribution in [0.25, 0.3) is 0 Å². The lowest BCUT2D eigenvalue weighted by atomic mass is 10.1. The van der Waals surface area contributed by atoms with E-state index in [0.29, 0.717) is 0 Å². The topological polar surface area (TPSA) is 18.5 Å². The van der Waals surface area contributed by atoms with Gasteiger partial charge in [-0.25, -0.2) is 0 Å². The molecule has 0 aromatic rings. The second-order valence-electron chi connectivity index (χ2n) is 5.08. The standard InChI is InChI=1S/C14H31N3/c1-4-14(15-5-2)8-7-9-17-12-10-16(6-3)11-13-17/h14-15H,4-13H2,1-3H3. The molecular weight excluding hydrogens is 210 g/mol. The Morgan fingerprint density at radius 1 is 1.00 bits per heavy atom. The van der Waals surface area contributed by atoms with Crippen LogP contribution in [0.15, 0.2) is 0 Å². The highest BCUT2D eigenvalue weighted by Crippen LogP contribution is 2.06. The van der Waals surface area contributed by atoms with Crippen LogP contribution >= 0.6 is 0 Å². The predicted octanol–water partition coefficient (Wildman–Crippen LogP) is 1.79. The summed E-state index contributed by atoms with van der Waals surface area (Å²) in [7, 11) is 0. The number of nitrogens with one attached hydrogen (secondary N) is 1. The lowest BCUT2D eigenvalue weighted by Gasteiger charge is -2.34. The van der Waals surface area contributed by atoms with Crippen molar-refractivity contribution >= 4 is 0 Å². The number of piperazine rings is 1. The predicted molar refractivity (Wildman–Crippen MR) is 75.5 cm³/mol. The molecule has 1 aliphatic heterocycles. The summed E-state index contributed by atoms with van der Waals surface area (Å²) < 4.78 is 0. The third kappa shape index (κ3) is 5.84. The molecule has 0 spiro atoms. The van der Waals surface area contributed by atoms with E-state index in [4.69, 9.17) is 0 Å². The highest BCUT2D eigenvalue weighted by molar-refractivity contribution is 4.72. The Labute approximate surface area is 108 Å². The van der Waals surface area contributed by atoms with Gasteiger partial charge in [0.05, 0.1) is 0 Å². The fourth-order valence-electron chi connectivity index (χ4n) is 2.63. The first-order valence-electron chi connectivity index (χ1n) is 7.48. The van der Waals surface area contributed by atoms with Crippen LogP contribution in [-0.4, -0.2) is 61.7 Å². The lowest BCUT2D eigenvalue weighted by molar-refractivity contribution is 0.134. The highest BCUT2D eigenvalue weighted by Gasteiger charge is 2.15. The summed E-state index contributed by atoms with van der Waals surface area (Å²) in [5, 5.41) is 3.56. The van der Waals surface area contributed by atoms with Gasteiger partial charge in [-0.15, -0.1) is 0 Å². The number of hydrogen-bond donors (Lipinski definition) is 1. The van der Waals surface area contributed by atoms with Gasteiger partial charge in [0.2, 0.25) is 0 Å². The van der Waals surface area contributed by atoms with E-state index in [1.54, 1.807) is 0 Å². The molecule has 0 saturated carbocycles. The number of likely N-dealkylation sites (N-methyl/N-ethyl adjacent to an activating group) is 1. The smallest absolute Gasteiger partial charge is 0.0110 e. The molecule has 1 heterocycles. The molecule has 1 unspecified atom stereocenters. The summed E-state index contributed by atoms with van der Waals surface area (Å²) in [6, 6.07) is 0.733. The van der Waals surface area contributed by atoms with E-state index >= 15 is 0 Å². The van der Waals surface area contributed by atoms with Gasteiger partial charge >= 0.3 is 0 Å². The van der Waals surface area contributed by atoms with E-state index in [9.17, 15) is 0 Å². The molecule has 1 rings (SSSR count). The van der Waals surface area contributed by atoms with E-state index < -0.39 is 0 Å². The summed E-state index contributed by atoms with van der Waals surface area (Å²) in [4.78, 5) is 5.18. The maximum atomic E-state index is 3.56. The molecule has 0 radical (unpaired) electrons. The van der Waals surface area contributed by atoms with Gasteiger partial charge in [0, 0.05) is 32.2 Å². The second kappa shape index (κ2) is 8.90. The largest absolute Gasteiger partial charge is 0.314 e. The van der Waals surface area contributed by atoms with Gasteiger partial charge in [0.15, 0.2) is 0 Å². The third-order valence-corrected chi connectivity index (χ3v) is 3.92. The maximum absolute atomic E-state index is 3.56. The Hall–Kier alpha value is -0.120. The SMILES string of the molecule is CCNC(CC)CCCN1CCN(CC)CC1. The Balaban J connectivity index is 2.06. The monoisotopic (exact) mass is 241 g/mol. The quantitative estimate of drug-likeness (QED) is 0.699. The summed E-state index contributed by atoms with van der Waals surface area (Å²) in [5.74, 6) is 0. The Morgan fingerprint density at radius 3 is 2.18 bits per heavy atom. The first-order valence-corrected chi connectivity index (χ1v) is 7.48. The van der Waals surface area contributed by atoms with Crippen LogP contribution in [0.5, 0.6) is 0 Å². The average Bonchev–Trinajstić information content (AvgIpc) is 2.38. The Morgan fingerprint density at radius 2 is 1.65 bits per heavy atom. The van der Waals surface area contributed by atoms with Crippen molar-refractivity contribution in [1.82, 2.24) is 15.1 Å². The van der Waals surface area contributed by atoms with E-state index in [2.05, 4.69) is 35.9 Å². The first kappa shape index (κ1) is 14.9. The van der Waals surface area contributed by atoms with E-state index in [0.717, 1.165) is 12.6 Å². The van der Waals surface area contributed by atoms with Crippen molar-refractivity contribution in [3.63, 3.8) is 0 Å². The van der Waals surface area contributed by atoms with Crippen LogP contribution in [0, 0.1) is 0 Å². The van der Waals surface area contributed by atoms with Crippen molar-refractivity contribution in [2.45, 2.75) is 46.1 Å². The normalized spacial score (nSPS) is 20.6. The first-order chi connectivity index (χ1) is 8.30. The number of nitrogens with zero attached hydrogens (tertiary/aromatic N) is 2. The summed E-state index contributed by atoms with van der Waals surface area (Å²) in [5.41, 5.74) is 0. The molecule has 1 aliphatic rings. The molecule has 3 nitrogen and oxygen atoms in total. The van der Waals surface area contributed by atoms with Crippen LogP contribution in [0.4, 0.5) is 0 Å². The number of hydrogen-bond acceptors (Lipinski definition) is 3. The van der Waals surface area contributed by atoms with Gasteiger partial charge < -0.3 is 15.1 Å². The Bertz CT molecular complexity index is 176. The molecular formula is C14H31N3. The fraction of sp³-hybridized carbons (Fsp3) is 1.00. The zero-order valence-electron chi connectivity index (χ0n) is 12.0. The Kier molecular flexibility index (Phi) is 7.82. The van der Waals surface area contributed by atoms with Crippen LogP contribution < -0.4 is 5.32 Å². The molecule has 0 bridgehead atoms. The molecule has 1 N–H and O–H groups in total. The molecule has 1 saturated heterocycles. The molecule has 1 atom stereocenters. The van der Waals surface area contributed by atoms with Crippen molar-refractivity contribution in [2.75, 3.05) is 45.8 Å². The van der Waals surface area contributed by atoms with Gasteiger partial charge in [0.1, 0.15) is 0 Å². The summed E-state index contributed by atoms with van der Waals surface area (Å²) in [6.07, 6.45) is 3.94. The molecule has 0 aliphatic carbocycles. The summed E-state index contributed by atoms with van der Waals surface area (Å²) in [6.45, 7) is 15.4. The van der Waals surface area contributed by atoms with Crippen molar-refractivity contribution in [3.05, 3.63) is 0 Å². The zero-order chi connectivity index (χ0) is 12.5. The molecule has 0 aromatic heterocycles. The number of rotatable bonds is 8. The molecule has 17 heavy (non-hydrogen) atoms. The molecule has 0 aromatic carbocycles. The highest BCUT2D eigenvalue weighted by atomic mass is 15.3. The average molecular weight is 241 g/mol. The summed E-state index contributed by atoms with van der Waals surface area (Å²) >= 11 is 0. The van der Waals surface area contributed by atoms with Crippen LogP contribution in [-0.2, 0) is 0 Å². The maximum Gasteiger partial charge on any atom is 0.0110 e. The van der Waals surface area contributed by atoms with Crippen LogP contribution in [0.2, 0.25) is 0 Å². The molecule has 102 valence electrons. The van der Waals surface area contributed by atoms with Crippen molar-refractivity contribution in [1.29, 1.82) is 0 Å². The van der Waals surface area contributed by atoms with Gasteiger partial charge in [0.25, 0.3) is 0 Å². The van der Waals surface area contributed by atoms with Crippen molar-refractivity contribution in [2.24, 2.45) is 0 Å². The minimum Gasteiger partial charge on any atom is -0.314 e. The van der Waals surface area contributed by atoms with E-state index in [1.807, 2.05) is 0 Å². The molecule has 0 amide bonds. The van der Waals surface area contributed by atoms with E-state index in [1.165, 1.54) is 58.5 Å². The minimum absolute atomic E-state index is 0.733. The minimum atomic E-state index is 0.733. The molecule has 1 fully saturated rings. The fourth-order valence-corrected chi connectivity index (χ4v) is 2.63. The van der Waals surface area contributed by atoms with Crippen LogP contribution in [0.3, 0.4) is 0 Å². The van der Waals surface area contributed by atoms with Crippen molar-refractivity contribution < 1.29 is 0 Å². The van der Waals surface area contributed by atoms with Gasteiger partial charge in [-0.1, -0.05) is 20.8 Å². The zero-order valence-corrected chi connectivity index (χ0v) is 12.0. The van der Waals surface area contributed by atoms with Gasteiger partial charge in [-0.2, -0.15) is 0 Å². The second-order valence-corrected chi connectivity index (χ2v) is 5.08. The van der Waals surface area contributed by atoms with Gasteiger partial charge in [-0.05, 0) is 38.9 Å². The third-order valence-electron chi connectivity index (χ3n) is 3.92.